The molecular weight excluding hydrogens is 231 g/mol. The van der Waals surface area contributed by atoms with Gasteiger partial charge in [-0.3, -0.25) is 4.98 Å². The van der Waals surface area contributed by atoms with E-state index in [0.717, 1.165) is 0 Å². The molecule has 1 aromatic heterocycles. The summed E-state index contributed by atoms with van der Waals surface area (Å²) in [7, 11) is 0. The van der Waals surface area contributed by atoms with Crippen molar-refractivity contribution in [3.63, 3.8) is 0 Å². The summed E-state index contributed by atoms with van der Waals surface area (Å²) in [5.74, 6) is 0.608. The topological polar surface area (TPSA) is 45.9 Å². The monoisotopic (exact) mass is 240 g/mol. The van der Waals surface area contributed by atoms with E-state index in [2.05, 4.69) is 11.6 Å². The first kappa shape index (κ1) is 11.8. The van der Waals surface area contributed by atoms with E-state index in [1.54, 1.807) is 12.3 Å². The van der Waals surface area contributed by atoms with Crippen molar-refractivity contribution >= 4 is 5.57 Å². The van der Waals surface area contributed by atoms with Crippen molar-refractivity contribution in [3.8, 4) is 17.6 Å². The highest BCUT2D eigenvalue weighted by Gasteiger charge is 2.08. The third-order valence-electron chi connectivity index (χ3n) is 2.28. The summed E-state index contributed by atoms with van der Waals surface area (Å²) in [5.41, 5.74) is 0.782. The third kappa shape index (κ3) is 2.53. The van der Waals surface area contributed by atoms with Crippen LogP contribution >= 0.6 is 0 Å². The van der Waals surface area contributed by atoms with Crippen LogP contribution in [0.2, 0.25) is 0 Å². The normalized spacial score (nSPS) is 9.56. The number of nitrogens with zero attached hydrogens (tertiary/aromatic N) is 2. The second kappa shape index (κ2) is 5.11. The second-order valence-corrected chi connectivity index (χ2v) is 3.52. The lowest BCUT2D eigenvalue weighted by Crippen LogP contribution is -1.91. The lowest BCUT2D eigenvalue weighted by molar-refractivity contribution is 0.478. The van der Waals surface area contributed by atoms with Gasteiger partial charge in [-0.1, -0.05) is 6.58 Å². The summed E-state index contributed by atoms with van der Waals surface area (Å²) in [6.07, 6.45) is 3.05. The van der Waals surface area contributed by atoms with E-state index < -0.39 is 0 Å². The molecule has 1 heterocycles. The number of benzene rings is 1. The van der Waals surface area contributed by atoms with Crippen LogP contribution in [0.1, 0.15) is 5.56 Å². The van der Waals surface area contributed by atoms with Crippen molar-refractivity contribution in [2.24, 2.45) is 0 Å². The zero-order valence-corrected chi connectivity index (χ0v) is 9.43. The predicted octanol–water partition coefficient (Wildman–Crippen LogP) is 3.55. The van der Waals surface area contributed by atoms with Crippen molar-refractivity contribution in [1.29, 1.82) is 5.26 Å². The molecule has 0 bridgehead atoms. The smallest absolute Gasteiger partial charge is 0.139 e. The van der Waals surface area contributed by atoms with E-state index in [1.165, 1.54) is 30.5 Å². The van der Waals surface area contributed by atoms with E-state index in [9.17, 15) is 4.39 Å². The second-order valence-electron chi connectivity index (χ2n) is 3.52. The fourth-order valence-electron chi connectivity index (χ4n) is 1.39. The van der Waals surface area contributed by atoms with E-state index in [0.29, 0.717) is 17.1 Å². The van der Waals surface area contributed by atoms with Crippen LogP contribution in [0.5, 0.6) is 11.5 Å². The summed E-state index contributed by atoms with van der Waals surface area (Å²) in [6.45, 7) is 3.62. The number of halogens is 1. The number of allylic oxidation sites excluding steroid dienone is 1. The molecule has 0 amide bonds. The molecule has 0 radical (unpaired) electrons. The molecule has 0 fully saturated rings. The lowest BCUT2D eigenvalue weighted by atomic mass is 10.1. The van der Waals surface area contributed by atoms with Gasteiger partial charge < -0.3 is 4.74 Å². The first-order valence-electron chi connectivity index (χ1n) is 5.17. The Labute approximate surface area is 104 Å². The van der Waals surface area contributed by atoms with Gasteiger partial charge in [0.1, 0.15) is 17.3 Å². The van der Waals surface area contributed by atoms with Gasteiger partial charge in [0.15, 0.2) is 0 Å². The van der Waals surface area contributed by atoms with Crippen LogP contribution in [0.15, 0.2) is 49.3 Å². The largest absolute Gasteiger partial charge is 0.457 e. The SMILES string of the molecule is C=C(C#N)c1cnccc1Oc1ccc(F)cc1. The van der Waals surface area contributed by atoms with Crippen molar-refractivity contribution in [3.05, 3.63) is 60.7 Å². The summed E-state index contributed by atoms with van der Waals surface area (Å²) in [4.78, 5) is 3.92. The molecule has 18 heavy (non-hydrogen) atoms. The number of pyridine rings is 1. The van der Waals surface area contributed by atoms with E-state index >= 15 is 0 Å². The molecule has 0 unspecified atom stereocenters. The van der Waals surface area contributed by atoms with Gasteiger partial charge in [-0.15, -0.1) is 0 Å². The molecule has 0 saturated carbocycles. The van der Waals surface area contributed by atoms with E-state index in [1.807, 2.05) is 6.07 Å². The molecule has 0 aliphatic heterocycles. The molecule has 2 aromatic rings. The molecule has 1 aromatic carbocycles. The Morgan fingerprint density at radius 2 is 2.00 bits per heavy atom. The number of ether oxygens (including phenoxy) is 1. The fraction of sp³-hybridized carbons (Fsp3) is 0. The first-order chi connectivity index (χ1) is 8.70. The minimum Gasteiger partial charge on any atom is -0.457 e. The molecule has 88 valence electrons. The van der Waals surface area contributed by atoms with Crippen molar-refractivity contribution in [1.82, 2.24) is 4.98 Å². The Bertz CT molecular complexity index is 614. The zero-order valence-electron chi connectivity index (χ0n) is 9.43. The molecule has 0 atom stereocenters. The number of aromatic nitrogens is 1. The molecule has 0 spiro atoms. The van der Waals surface area contributed by atoms with Crippen molar-refractivity contribution in [2.45, 2.75) is 0 Å². The van der Waals surface area contributed by atoms with Crippen LogP contribution in [0, 0.1) is 17.1 Å². The maximum absolute atomic E-state index is 12.8. The standard InChI is InChI=1S/C14H9FN2O/c1-10(8-16)13-9-17-7-6-14(13)18-12-4-2-11(15)3-5-12/h2-7,9H,1H2. The van der Waals surface area contributed by atoms with Gasteiger partial charge in [0, 0.05) is 12.4 Å². The van der Waals surface area contributed by atoms with Crippen LogP contribution in [-0.2, 0) is 0 Å². The molecule has 0 N–H and O–H groups in total. The summed E-state index contributed by atoms with van der Waals surface area (Å²) < 4.78 is 18.3. The van der Waals surface area contributed by atoms with Crippen molar-refractivity contribution < 1.29 is 9.13 Å². The fourth-order valence-corrected chi connectivity index (χ4v) is 1.39. The molecule has 3 nitrogen and oxygen atoms in total. The van der Waals surface area contributed by atoms with Crippen LogP contribution in [0.25, 0.3) is 5.57 Å². The summed E-state index contributed by atoms with van der Waals surface area (Å²) in [5, 5.41) is 8.83. The maximum Gasteiger partial charge on any atom is 0.139 e. The highest BCUT2D eigenvalue weighted by Crippen LogP contribution is 2.28. The van der Waals surface area contributed by atoms with E-state index in [-0.39, 0.29) is 11.4 Å². The van der Waals surface area contributed by atoms with Crippen LogP contribution in [0.3, 0.4) is 0 Å². The molecule has 0 aliphatic carbocycles. The average Bonchev–Trinajstić information content (AvgIpc) is 2.41. The van der Waals surface area contributed by atoms with Crippen LogP contribution < -0.4 is 4.74 Å². The van der Waals surface area contributed by atoms with Gasteiger partial charge in [0.2, 0.25) is 0 Å². The molecule has 4 heteroatoms. The van der Waals surface area contributed by atoms with Gasteiger partial charge in [-0.05, 0) is 30.3 Å². The number of nitriles is 1. The maximum atomic E-state index is 12.8. The summed E-state index contributed by atoms with van der Waals surface area (Å²) in [6, 6.07) is 9.19. The van der Waals surface area contributed by atoms with Crippen molar-refractivity contribution in [2.75, 3.05) is 0 Å². The van der Waals surface area contributed by atoms with Crippen LogP contribution in [0.4, 0.5) is 4.39 Å². The highest BCUT2D eigenvalue weighted by atomic mass is 19.1. The van der Waals surface area contributed by atoms with Gasteiger partial charge >= 0.3 is 0 Å². The quantitative estimate of drug-likeness (QED) is 0.771. The third-order valence-corrected chi connectivity index (χ3v) is 2.28. The Kier molecular flexibility index (Phi) is 3.35. The molecule has 0 aliphatic rings. The highest BCUT2D eigenvalue weighted by molar-refractivity contribution is 5.77. The van der Waals surface area contributed by atoms with E-state index in [4.69, 9.17) is 10.00 Å². The minimum atomic E-state index is -0.335. The van der Waals surface area contributed by atoms with Gasteiger partial charge in [0.25, 0.3) is 0 Å². The summed E-state index contributed by atoms with van der Waals surface area (Å²) >= 11 is 0. The Morgan fingerprint density at radius 1 is 1.28 bits per heavy atom. The number of hydrogen-bond acceptors (Lipinski definition) is 3. The predicted molar refractivity (Wildman–Crippen MR) is 65.4 cm³/mol. The lowest BCUT2D eigenvalue weighted by Gasteiger charge is -2.09. The Morgan fingerprint density at radius 3 is 2.67 bits per heavy atom. The Balaban J connectivity index is 2.32. The van der Waals surface area contributed by atoms with Gasteiger partial charge in [-0.25, -0.2) is 4.39 Å². The number of rotatable bonds is 3. The van der Waals surface area contributed by atoms with Gasteiger partial charge in [-0.2, -0.15) is 5.26 Å². The minimum absolute atomic E-state index is 0.264. The molecule has 0 saturated heterocycles. The zero-order chi connectivity index (χ0) is 13.0. The number of hydrogen-bond donors (Lipinski definition) is 0. The average molecular weight is 240 g/mol. The molecule has 2 rings (SSSR count). The first-order valence-corrected chi connectivity index (χ1v) is 5.17. The van der Waals surface area contributed by atoms with Gasteiger partial charge in [0.05, 0.1) is 17.2 Å². The Hall–Kier alpha value is -2.67. The molecular formula is C14H9FN2O. The van der Waals surface area contributed by atoms with Crippen LogP contribution in [-0.4, -0.2) is 4.98 Å².